The van der Waals surface area contributed by atoms with Crippen LogP contribution < -0.4 is 10.7 Å². The number of fused-ring (bicyclic) bond motifs is 3. The van der Waals surface area contributed by atoms with Crippen LogP contribution in [0.3, 0.4) is 0 Å². The molecule has 2 aromatic heterocycles. The van der Waals surface area contributed by atoms with Crippen molar-refractivity contribution >= 4 is 16.7 Å². The molecule has 1 fully saturated rings. The summed E-state index contributed by atoms with van der Waals surface area (Å²) in [7, 11) is 0. The molecule has 1 N–H and O–H groups in total. The molecule has 1 saturated heterocycles. The maximum atomic E-state index is 13.1. The fourth-order valence-corrected chi connectivity index (χ4v) is 5.03. The number of rotatable bonds is 3. The summed E-state index contributed by atoms with van der Waals surface area (Å²) in [6, 6.07) is 7.29. The molecule has 5 rings (SSSR count). The normalized spacial score (nSPS) is 21.5. The van der Waals surface area contributed by atoms with E-state index in [0.717, 1.165) is 48.9 Å². The lowest BCUT2D eigenvalue weighted by atomic mass is 9.92. The highest BCUT2D eigenvalue weighted by molar-refractivity contribution is 5.86. The fourth-order valence-electron chi connectivity index (χ4n) is 5.03. The highest BCUT2D eigenvalue weighted by atomic mass is 19.4. The number of hydrogen-bond acceptors (Lipinski definition) is 4. The van der Waals surface area contributed by atoms with Crippen molar-refractivity contribution < 1.29 is 13.2 Å². The van der Waals surface area contributed by atoms with Crippen LogP contribution >= 0.6 is 0 Å². The van der Waals surface area contributed by atoms with Gasteiger partial charge in [0.15, 0.2) is 5.43 Å². The van der Waals surface area contributed by atoms with Crippen LogP contribution in [0.15, 0.2) is 47.5 Å². The number of likely N-dealkylation sites (tertiary alicyclic amines) is 1. The zero-order chi connectivity index (χ0) is 22.5. The molecule has 0 amide bonds. The molecule has 0 unspecified atom stereocenters. The summed E-state index contributed by atoms with van der Waals surface area (Å²) in [6.07, 6.45) is 0.935. The van der Waals surface area contributed by atoms with E-state index in [1.165, 1.54) is 12.1 Å². The summed E-state index contributed by atoms with van der Waals surface area (Å²) >= 11 is 0. The van der Waals surface area contributed by atoms with Gasteiger partial charge in [0.1, 0.15) is 5.82 Å². The van der Waals surface area contributed by atoms with E-state index < -0.39 is 11.7 Å². The highest BCUT2D eigenvalue weighted by Gasteiger charge is 2.32. The maximum Gasteiger partial charge on any atom is 0.416 e. The van der Waals surface area contributed by atoms with E-state index in [2.05, 4.69) is 26.7 Å². The molecule has 168 valence electrons. The number of anilines is 1. The van der Waals surface area contributed by atoms with Gasteiger partial charge in [-0.2, -0.15) is 13.2 Å². The summed E-state index contributed by atoms with van der Waals surface area (Å²) in [5, 5.41) is 3.91. The molecule has 2 aliphatic heterocycles. The quantitative estimate of drug-likeness (QED) is 0.651. The van der Waals surface area contributed by atoms with Crippen LogP contribution in [0.2, 0.25) is 0 Å². The minimum absolute atomic E-state index is 0.0391. The van der Waals surface area contributed by atoms with E-state index in [9.17, 15) is 18.0 Å². The molecule has 32 heavy (non-hydrogen) atoms. The second kappa shape index (κ2) is 7.92. The number of nitrogens with one attached hydrogen (secondary N) is 1. The summed E-state index contributed by atoms with van der Waals surface area (Å²) < 4.78 is 41.6. The minimum atomic E-state index is -4.34. The van der Waals surface area contributed by atoms with Crippen LogP contribution in [0, 0.1) is 5.92 Å². The molecule has 0 bridgehead atoms. The third-order valence-corrected chi connectivity index (χ3v) is 6.75. The average Bonchev–Trinajstić information content (AvgIpc) is 3.24. The molecule has 1 aromatic carbocycles. The van der Waals surface area contributed by atoms with Gasteiger partial charge in [0.2, 0.25) is 0 Å². The van der Waals surface area contributed by atoms with Gasteiger partial charge < -0.3 is 9.88 Å². The summed E-state index contributed by atoms with van der Waals surface area (Å²) in [4.78, 5) is 19.2. The number of alkyl halides is 3. The van der Waals surface area contributed by atoms with E-state index in [-0.39, 0.29) is 11.5 Å². The molecule has 0 aliphatic carbocycles. The van der Waals surface area contributed by atoms with Gasteiger partial charge in [0.05, 0.1) is 16.5 Å². The van der Waals surface area contributed by atoms with Crippen LogP contribution in [0.4, 0.5) is 19.0 Å². The van der Waals surface area contributed by atoms with E-state index in [4.69, 9.17) is 0 Å². The molecule has 8 heteroatoms. The van der Waals surface area contributed by atoms with Crippen molar-refractivity contribution in [3.8, 4) is 0 Å². The Balaban J connectivity index is 1.48. The Morgan fingerprint density at radius 3 is 2.91 bits per heavy atom. The lowest BCUT2D eigenvalue weighted by molar-refractivity contribution is -0.137. The Morgan fingerprint density at radius 2 is 2.09 bits per heavy atom. The summed E-state index contributed by atoms with van der Waals surface area (Å²) in [5.74, 6) is 1.21. The second-order valence-electron chi connectivity index (χ2n) is 8.88. The molecule has 0 radical (unpaired) electrons. The van der Waals surface area contributed by atoms with Gasteiger partial charge in [-0.05, 0) is 36.9 Å². The average molecular weight is 442 g/mol. The van der Waals surface area contributed by atoms with Crippen LogP contribution in [-0.4, -0.2) is 34.1 Å². The van der Waals surface area contributed by atoms with Gasteiger partial charge in [0, 0.05) is 49.7 Å². The van der Waals surface area contributed by atoms with Crippen molar-refractivity contribution in [2.75, 3.05) is 25.0 Å². The predicted octanol–water partition coefficient (Wildman–Crippen LogP) is 4.47. The second-order valence-corrected chi connectivity index (χ2v) is 8.88. The van der Waals surface area contributed by atoms with Gasteiger partial charge >= 0.3 is 6.18 Å². The Kier molecular flexibility index (Phi) is 5.20. The number of aromatic nitrogens is 2. The summed E-state index contributed by atoms with van der Waals surface area (Å²) in [5.41, 5.74) is 2.02. The van der Waals surface area contributed by atoms with Crippen LogP contribution in [0.1, 0.15) is 36.1 Å². The smallest absolute Gasteiger partial charge is 0.369 e. The maximum absolute atomic E-state index is 13.1. The number of nitrogens with zero attached hydrogens (tertiary/aromatic N) is 3. The van der Waals surface area contributed by atoms with Gasteiger partial charge in [-0.25, -0.2) is 4.98 Å². The van der Waals surface area contributed by atoms with Crippen molar-refractivity contribution in [3.63, 3.8) is 0 Å². The molecule has 2 aliphatic rings. The third kappa shape index (κ3) is 3.77. The van der Waals surface area contributed by atoms with Crippen molar-refractivity contribution in [1.82, 2.24) is 14.5 Å². The molecular formula is C24H25F3N4O. The zero-order valence-electron chi connectivity index (χ0n) is 17.8. The third-order valence-electron chi connectivity index (χ3n) is 6.75. The number of hydrogen-bond donors (Lipinski definition) is 1. The van der Waals surface area contributed by atoms with Crippen molar-refractivity contribution in [2.24, 2.45) is 5.92 Å². The molecule has 2 atom stereocenters. The molecule has 5 nitrogen and oxygen atoms in total. The lowest BCUT2D eigenvalue weighted by Gasteiger charge is -2.39. The largest absolute Gasteiger partial charge is 0.416 e. The Hall–Kier alpha value is -2.87. The first-order valence-corrected chi connectivity index (χ1v) is 11.0. The Morgan fingerprint density at radius 1 is 1.25 bits per heavy atom. The zero-order valence-corrected chi connectivity index (χ0v) is 17.8. The number of benzene rings is 1. The minimum Gasteiger partial charge on any atom is -0.369 e. The standard InChI is InChI=1S/C24H25F3N4O/c1-15-6-9-30(13-16-3-2-4-17(11-16)24(25,26)27)14-20(15)31-10-7-21(32)19-12-29-23-18(22(19)31)5-8-28-23/h2-4,7,10-12,15,20H,5-6,8-9,13-14H2,1H3,(H,28,29)/t15-,20+/m1/s1. The molecule has 3 aromatic rings. The van der Waals surface area contributed by atoms with Crippen molar-refractivity contribution in [1.29, 1.82) is 0 Å². The first-order chi connectivity index (χ1) is 15.3. The molecular weight excluding hydrogens is 417 g/mol. The van der Waals surface area contributed by atoms with Gasteiger partial charge in [-0.1, -0.05) is 25.1 Å². The number of piperidine rings is 1. The van der Waals surface area contributed by atoms with Crippen LogP contribution in [0.25, 0.3) is 10.9 Å². The van der Waals surface area contributed by atoms with Crippen molar-refractivity contribution in [2.45, 2.75) is 38.5 Å². The van der Waals surface area contributed by atoms with Gasteiger partial charge in [-0.3, -0.25) is 9.69 Å². The molecule has 4 heterocycles. The van der Waals surface area contributed by atoms with E-state index in [1.54, 1.807) is 18.3 Å². The Bertz CT molecular complexity index is 1220. The number of pyridine rings is 2. The van der Waals surface area contributed by atoms with E-state index in [1.807, 2.05) is 6.20 Å². The Labute approximate surface area is 183 Å². The van der Waals surface area contributed by atoms with Gasteiger partial charge in [-0.15, -0.1) is 0 Å². The summed E-state index contributed by atoms with van der Waals surface area (Å²) in [6.45, 7) is 5.00. The van der Waals surface area contributed by atoms with Gasteiger partial charge in [0.25, 0.3) is 0 Å². The fraction of sp³-hybridized carbons (Fsp3) is 0.417. The number of halogens is 3. The first kappa shape index (κ1) is 21.0. The SMILES string of the molecule is C[C@@H]1CCN(Cc2cccc(C(F)(F)F)c2)C[C@@H]1n1ccc(=O)c2cnc3c(c21)CCN3. The van der Waals surface area contributed by atoms with E-state index in [0.29, 0.717) is 30.0 Å². The lowest BCUT2D eigenvalue weighted by Crippen LogP contribution is -2.40. The van der Waals surface area contributed by atoms with Crippen molar-refractivity contribution in [3.05, 3.63) is 69.6 Å². The monoisotopic (exact) mass is 442 g/mol. The predicted molar refractivity (Wildman–Crippen MR) is 118 cm³/mol. The highest BCUT2D eigenvalue weighted by Crippen LogP contribution is 2.35. The molecule has 0 saturated carbocycles. The molecule has 0 spiro atoms. The van der Waals surface area contributed by atoms with Crippen LogP contribution in [-0.2, 0) is 19.1 Å². The first-order valence-electron chi connectivity index (χ1n) is 11.0. The van der Waals surface area contributed by atoms with Crippen LogP contribution in [0.5, 0.6) is 0 Å². The van der Waals surface area contributed by atoms with E-state index >= 15 is 0 Å². The topological polar surface area (TPSA) is 50.2 Å².